The Kier molecular flexibility index (Phi) is 14.0. The predicted molar refractivity (Wildman–Crippen MR) is 215 cm³/mol. The molecule has 4 aromatic rings. The molecule has 0 bridgehead atoms. The molecule has 1 aliphatic rings. The highest BCUT2D eigenvalue weighted by atomic mass is 19.1. The summed E-state index contributed by atoms with van der Waals surface area (Å²) in [4.78, 5) is 61.1. The molecule has 1 saturated heterocycles. The normalized spacial score (nSPS) is 15.1. The van der Waals surface area contributed by atoms with Gasteiger partial charge in [0, 0.05) is 31.1 Å². The van der Waals surface area contributed by atoms with Crippen LogP contribution in [0.25, 0.3) is 6.08 Å². The van der Waals surface area contributed by atoms with Gasteiger partial charge in [-0.05, 0) is 82.5 Å². The van der Waals surface area contributed by atoms with Crippen LogP contribution in [-0.2, 0) is 25.6 Å². The van der Waals surface area contributed by atoms with Crippen molar-refractivity contribution in [1.82, 2.24) is 20.1 Å². The number of rotatable bonds is 10. The van der Waals surface area contributed by atoms with Crippen LogP contribution in [-0.4, -0.2) is 81.9 Å². The molecule has 1 unspecified atom stereocenters. The molecule has 0 spiro atoms. The van der Waals surface area contributed by atoms with E-state index < -0.39 is 70.8 Å². The predicted octanol–water partition coefficient (Wildman–Crippen LogP) is 8.43. The number of benzene rings is 3. The van der Waals surface area contributed by atoms with E-state index in [1.165, 1.54) is 76.7 Å². The third-order valence-corrected chi connectivity index (χ3v) is 8.94. The lowest BCUT2D eigenvalue weighted by atomic mass is 9.84. The Labute approximate surface area is 341 Å². The second kappa shape index (κ2) is 18.9. The number of aromatic nitrogens is 1. The summed E-state index contributed by atoms with van der Waals surface area (Å²) in [6.45, 7) is 10.3. The number of nitrogens with one attached hydrogen (secondary N) is 2. The van der Waals surface area contributed by atoms with Gasteiger partial charge in [0.15, 0.2) is 5.82 Å². The molecular formula is C44H48F3N5O7. The molecule has 2 atom stereocenters. The molecule has 1 fully saturated rings. The number of pyridine rings is 1. The fraction of sp³-hybridized carbons (Fsp3) is 0.341. The van der Waals surface area contributed by atoms with Crippen LogP contribution < -0.4 is 10.6 Å². The van der Waals surface area contributed by atoms with E-state index in [2.05, 4.69) is 15.6 Å². The van der Waals surface area contributed by atoms with Crippen LogP contribution in [0.1, 0.15) is 69.7 Å². The fourth-order valence-corrected chi connectivity index (χ4v) is 6.28. The molecule has 59 heavy (non-hydrogen) atoms. The van der Waals surface area contributed by atoms with Crippen molar-refractivity contribution in [1.29, 1.82) is 0 Å². The van der Waals surface area contributed by atoms with Crippen molar-refractivity contribution in [2.45, 2.75) is 77.4 Å². The smallest absolute Gasteiger partial charge is 0.410 e. The first-order chi connectivity index (χ1) is 27.9. The number of anilines is 1. The maximum Gasteiger partial charge on any atom is 0.410 e. The molecule has 2 N–H and O–H groups in total. The van der Waals surface area contributed by atoms with E-state index in [4.69, 9.17) is 14.2 Å². The van der Waals surface area contributed by atoms with Crippen molar-refractivity contribution >= 4 is 36.0 Å². The standard InChI is InChI=1S/C44H48F3N5O7/c1-43(2,3)58-40(54)50-38(37(29-12-16-31(45)17-13-29)30-14-18-32(46)19-15-30)39(53)49-36-25-48-24-35(47)34(36)21-20-33-26-51(41(55)59-44(4,5)6)22-23-52(33)42(56)57-27-28-10-8-7-9-11-28/h7-21,24-25,33,37-38H,22-23,26-27H2,1-6H3,(H,49,53)(H,50,54)/b21-20-/t33?,38-/m0/s1. The zero-order chi connectivity index (χ0) is 42.9. The number of nitrogens with zero attached hydrogens (tertiary/aromatic N) is 3. The van der Waals surface area contributed by atoms with E-state index in [9.17, 15) is 28.0 Å². The Morgan fingerprint density at radius 2 is 1.39 bits per heavy atom. The third-order valence-electron chi connectivity index (χ3n) is 8.94. The molecule has 15 heteroatoms. The van der Waals surface area contributed by atoms with Crippen LogP contribution >= 0.6 is 0 Å². The molecule has 312 valence electrons. The summed E-state index contributed by atoms with van der Waals surface area (Å²) in [5.41, 5.74) is -0.467. The molecule has 1 aliphatic heterocycles. The Balaban J connectivity index is 1.49. The second-order valence-corrected chi connectivity index (χ2v) is 15.9. The van der Waals surface area contributed by atoms with Gasteiger partial charge >= 0.3 is 18.3 Å². The number of hydrogen-bond acceptors (Lipinski definition) is 8. The van der Waals surface area contributed by atoms with Gasteiger partial charge in [-0.25, -0.2) is 27.6 Å². The number of ether oxygens (including phenoxy) is 3. The fourth-order valence-electron chi connectivity index (χ4n) is 6.28. The summed E-state index contributed by atoms with van der Waals surface area (Å²) >= 11 is 0. The van der Waals surface area contributed by atoms with E-state index >= 15 is 4.39 Å². The minimum Gasteiger partial charge on any atom is -0.445 e. The molecular weight excluding hydrogens is 768 g/mol. The van der Waals surface area contributed by atoms with Crippen molar-refractivity contribution in [3.8, 4) is 0 Å². The number of halogens is 3. The van der Waals surface area contributed by atoms with Crippen LogP contribution in [0.2, 0.25) is 0 Å². The number of alkyl carbamates (subject to hydrolysis) is 1. The molecule has 2 heterocycles. The molecule has 0 saturated carbocycles. The van der Waals surface area contributed by atoms with Crippen molar-refractivity contribution in [2.75, 3.05) is 25.0 Å². The van der Waals surface area contributed by atoms with Crippen molar-refractivity contribution in [3.63, 3.8) is 0 Å². The maximum absolute atomic E-state index is 15.8. The first kappa shape index (κ1) is 43.7. The average molecular weight is 816 g/mol. The van der Waals surface area contributed by atoms with E-state index in [0.717, 1.165) is 11.8 Å². The number of amides is 4. The van der Waals surface area contributed by atoms with E-state index in [0.29, 0.717) is 11.1 Å². The first-order valence-electron chi connectivity index (χ1n) is 18.9. The molecule has 5 rings (SSSR count). The number of hydrogen-bond donors (Lipinski definition) is 2. The molecule has 12 nitrogen and oxygen atoms in total. The van der Waals surface area contributed by atoms with Gasteiger partial charge in [0.2, 0.25) is 5.91 Å². The number of piperazine rings is 1. The van der Waals surface area contributed by atoms with E-state index in [1.54, 1.807) is 41.5 Å². The number of carbonyl (C=O) groups excluding carboxylic acids is 4. The van der Waals surface area contributed by atoms with Crippen molar-refractivity contribution < 1.29 is 46.6 Å². The Bertz CT molecular complexity index is 2080. The summed E-state index contributed by atoms with van der Waals surface area (Å²) in [6.07, 6.45) is 2.76. The van der Waals surface area contributed by atoms with Crippen LogP contribution in [0.4, 0.5) is 33.2 Å². The van der Waals surface area contributed by atoms with Crippen LogP contribution in [0, 0.1) is 17.5 Å². The summed E-state index contributed by atoms with van der Waals surface area (Å²) < 4.78 is 60.7. The maximum atomic E-state index is 15.8. The van der Waals surface area contributed by atoms with Gasteiger partial charge in [0.25, 0.3) is 0 Å². The molecule has 4 amide bonds. The Morgan fingerprint density at radius 1 is 0.797 bits per heavy atom. The quantitative estimate of drug-likeness (QED) is 0.152. The van der Waals surface area contributed by atoms with Crippen LogP contribution in [0.3, 0.4) is 0 Å². The Hall–Kier alpha value is -6.38. The van der Waals surface area contributed by atoms with Crippen LogP contribution in [0.15, 0.2) is 97.3 Å². The zero-order valence-corrected chi connectivity index (χ0v) is 33.7. The highest BCUT2D eigenvalue weighted by Crippen LogP contribution is 2.31. The lowest BCUT2D eigenvalue weighted by molar-refractivity contribution is -0.118. The molecule has 0 aliphatic carbocycles. The zero-order valence-electron chi connectivity index (χ0n) is 33.7. The van der Waals surface area contributed by atoms with Gasteiger partial charge in [-0.2, -0.15) is 0 Å². The minimum absolute atomic E-state index is 0.00706. The average Bonchev–Trinajstić information content (AvgIpc) is 3.16. The third kappa shape index (κ3) is 12.6. The van der Waals surface area contributed by atoms with Crippen molar-refractivity contribution in [2.24, 2.45) is 0 Å². The molecule has 0 radical (unpaired) electrons. The van der Waals surface area contributed by atoms with E-state index in [1.807, 2.05) is 30.3 Å². The Morgan fingerprint density at radius 3 is 1.97 bits per heavy atom. The first-order valence-corrected chi connectivity index (χ1v) is 18.9. The highest BCUT2D eigenvalue weighted by molar-refractivity contribution is 5.99. The largest absolute Gasteiger partial charge is 0.445 e. The topological polar surface area (TPSA) is 139 Å². The molecule has 1 aromatic heterocycles. The van der Waals surface area contributed by atoms with Gasteiger partial charge in [0.05, 0.1) is 24.1 Å². The summed E-state index contributed by atoms with van der Waals surface area (Å²) in [5.74, 6) is -3.82. The van der Waals surface area contributed by atoms with Gasteiger partial charge in [-0.3, -0.25) is 14.7 Å². The van der Waals surface area contributed by atoms with Gasteiger partial charge < -0.3 is 29.7 Å². The minimum atomic E-state index is -1.49. The SMILES string of the molecule is CC(C)(C)OC(=O)N[C@H](C(=O)Nc1cncc(F)c1/C=C\C1CN(C(=O)OC(C)(C)C)CCN1C(=O)OCc1ccccc1)C(c1ccc(F)cc1)c1ccc(F)cc1. The lowest BCUT2D eigenvalue weighted by Crippen LogP contribution is -2.56. The van der Waals surface area contributed by atoms with Gasteiger partial charge in [0.1, 0.15) is 35.5 Å². The van der Waals surface area contributed by atoms with Gasteiger partial charge in [-0.1, -0.05) is 66.7 Å². The summed E-state index contributed by atoms with van der Waals surface area (Å²) in [7, 11) is 0. The second-order valence-electron chi connectivity index (χ2n) is 15.9. The summed E-state index contributed by atoms with van der Waals surface area (Å²) in [5, 5.41) is 5.29. The lowest BCUT2D eigenvalue weighted by Gasteiger charge is -2.39. The van der Waals surface area contributed by atoms with E-state index in [-0.39, 0.29) is 37.5 Å². The molecule has 3 aromatic carbocycles. The highest BCUT2D eigenvalue weighted by Gasteiger charge is 2.36. The van der Waals surface area contributed by atoms with Crippen molar-refractivity contribution in [3.05, 3.63) is 137 Å². The van der Waals surface area contributed by atoms with Gasteiger partial charge in [-0.15, -0.1) is 0 Å². The number of carbonyl (C=O) groups is 4. The monoisotopic (exact) mass is 815 g/mol. The van der Waals surface area contributed by atoms with Crippen LogP contribution in [0.5, 0.6) is 0 Å². The summed E-state index contributed by atoms with van der Waals surface area (Å²) in [6, 6.07) is 17.2.